The smallest absolute Gasteiger partial charge is 0.251 e. The lowest BCUT2D eigenvalue weighted by Crippen LogP contribution is -2.27. The normalized spacial score (nSPS) is 16.5. The fraction of sp³-hybridized carbons (Fsp3) is 0.533. The zero-order chi connectivity index (χ0) is 13.7. The summed E-state index contributed by atoms with van der Waals surface area (Å²) in [6.45, 7) is 2.24. The molecule has 0 radical (unpaired) electrons. The second-order valence-electron chi connectivity index (χ2n) is 5.26. The highest BCUT2D eigenvalue weighted by Gasteiger charge is 2.13. The first-order chi connectivity index (χ1) is 9.16. The molecule has 0 spiro atoms. The van der Waals surface area contributed by atoms with Gasteiger partial charge in [0.25, 0.3) is 5.91 Å². The maximum atomic E-state index is 13.6. The SMILES string of the molecule is NC(=O)c1ccc(CCCC2CCNCC2)cc1F. The molecule has 0 bridgehead atoms. The molecule has 1 aromatic rings. The molecule has 1 saturated heterocycles. The van der Waals surface area contributed by atoms with Crippen LogP contribution < -0.4 is 11.1 Å². The maximum Gasteiger partial charge on any atom is 0.251 e. The van der Waals surface area contributed by atoms with E-state index in [0.29, 0.717) is 0 Å². The van der Waals surface area contributed by atoms with Crippen molar-refractivity contribution in [2.45, 2.75) is 32.1 Å². The van der Waals surface area contributed by atoms with Gasteiger partial charge in [0.15, 0.2) is 0 Å². The lowest BCUT2D eigenvalue weighted by molar-refractivity contribution is 0.0996. The molecule has 1 amide bonds. The molecule has 0 atom stereocenters. The second kappa shape index (κ2) is 6.66. The first kappa shape index (κ1) is 14.0. The van der Waals surface area contributed by atoms with Crippen molar-refractivity contribution in [3.63, 3.8) is 0 Å². The number of rotatable bonds is 5. The third-order valence-corrected chi connectivity index (χ3v) is 3.84. The number of carbonyl (C=O) groups excluding carboxylic acids is 1. The molecule has 104 valence electrons. The van der Waals surface area contributed by atoms with Crippen LogP contribution in [0.1, 0.15) is 41.6 Å². The fourth-order valence-electron chi connectivity index (χ4n) is 2.68. The van der Waals surface area contributed by atoms with Crippen molar-refractivity contribution in [1.82, 2.24) is 5.32 Å². The Bertz CT molecular complexity index is 442. The van der Waals surface area contributed by atoms with Crippen LogP contribution in [0.25, 0.3) is 0 Å². The summed E-state index contributed by atoms with van der Waals surface area (Å²) in [5.74, 6) is -0.415. The van der Waals surface area contributed by atoms with Gasteiger partial charge in [-0.1, -0.05) is 12.5 Å². The summed E-state index contributed by atoms with van der Waals surface area (Å²) in [6.07, 6.45) is 5.62. The van der Waals surface area contributed by atoms with Gasteiger partial charge in [0, 0.05) is 0 Å². The van der Waals surface area contributed by atoms with E-state index in [1.54, 1.807) is 6.07 Å². The molecule has 1 heterocycles. The van der Waals surface area contributed by atoms with Gasteiger partial charge in [-0.2, -0.15) is 0 Å². The number of amides is 1. The summed E-state index contributed by atoms with van der Waals surface area (Å²) < 4.78 is 13.6. The zero-order valence-electron chi connectivity index (χ0n) is 11.1. The minimum atomic E-state index is -0.709. The number of nitrogens with two attached hydrogens (primary N) is 1. The number of benzene rings is 1. The molecule has 4 heteroatoms. The van der Waals surface area contributed by atoms with Crippen molar-refractivity contribution < 1.29 is 9.18 Å². The summed E-state index contributed by atoms with van der Waals surface area (Å²) in [5.41, 5.74) is 5.99. The average Bonchev–Trinajstić information content (AvgIpc) is 2.39. The van der Waals surface area contributed by atoms with Gasteiger partial charge in [0.1, 0.15) is 5.82 Å². The highest BCUT2D eigenvalue weighted by atomic mass is 19.1. The highest BCUT2D eigenvalue weighted by Crippen LogP contribution is 2.20. The molecule has 1 aliphatic rings. The zero-order valence-corrected chi connectivity index (χ0v) is 11.1. The number of piperidine rings is 1. The van der Waals surface area contributed by atoms with E-state index in [1.165, 1.54) is 31.4 Å². The third kappa shape index (κ3) is 4.03. The second-order valence-corrected chi connectivity index (χ2v) is 5.26. The molecule has 1 aromatic carbocycles. The van der Waals surface area contributed by atoms with E-state index in [4.69, 9.17) is 5.73 Å². The topological polar surface area (TPSA) is 55.1 Å². The van der Waals surface area contributed by atoms with Crippen molar-refractivity contribution in [2.75, 3.05) is 13.1 Å². The van der Waals surface area contributed by atoms with Gasteiger partial charge in [-0.05, 0) is 62.4 Å². The third-order valence-electron chi connectivity index (χ3n) is 3.84. The Hall–Kier alpha value is -1.42. The van der Waals surface area contributed by atoms with Crippen molar-refractivity contribution in [1.29, 1.82) is 0 Å². The van der Waals surface area contributed by atoms with Crippen LogP contribution in [0.5, 0.6) is 0 Å². The van der Waals surface area contributed by atoms with Crippen LogP contribution in [0.4, 0.5) is 4.39 Å². The van der Waals surface area contributed by atoms with Gasteiger partial charge in [0.05, 0.1) is 5.56 Å². The first-order valence-electron chi connectivity index (χ1n) is 6.96. The predicted octanol–water partition coefficient (Wildman–Crippen LogP) is 2.25. The number of aryl methyl sites for hydroxylation is 1. The standard InChI is InChI=1S/C15H21FN2O/c16-14-10-12(4-5-13(14)15(17)19)3-1-2-11-6-8-18-9-7-11/h4-5,10-11,18H,1-3,6-9H2,(H2,17,19). The molecule has 0 unspecified atom stereocenters. The largest absolute Gasteiger partial charge is 0.366 e. The number of hydrogen-bond donors (Lipinski definition) is 2. The van der Waals surface area contributed by atoms with Gasteiger partial charge in [-0.3, -0.25) is 4.79 Å². The predicted molar refractivity (Wildman–Crippen MR) is 73.4 cm³/mol. The van der Waals surface area contributed by atoms with Gasteiger partial charge in [0.2, 0.25) is 0 Å². The van der Waals surface area contributed by atoms with Crippen molar-refractivity contribution in [3.8, 4) is 0 Å². The number of primary amides is 1. The number of halogens is 1. The number of hydrogen-bond acceptors (Lipinski definition) is 2. The van der Waals surface area contributed by atoms with E-state index in [-0.39, 0.29) is 5.56 Å². The molecule has 19 heavy (non-hydrogen) atoms. The minimum Gasteiger partial charge on any atom is -0.366 e. The van der Waals surface area contributed by atoms with E-state index in [0.717, 1.165) is 37.4 Å². The molecule has 1 aliphatic heterocycles. The molecule has 3 N–H and O–H groups in total. The molecule has 1 fully saturated rings. The Morgan fingerprint density at radius 2 is 2.11 bits per heavy atom. The first-order valence-corrected chi connectivity index (χ1v) is 6.96. The van der Waals surface area contributed by atoms with E-state index < -0.39 is 11.7 Å². The summed E-state index contributed by atoms with van der Waals surface area (Å²) in [5, 5.41) is 3.35. The van der Waals surface area contributed by atoms with Crippen molar-refractivity contribution in [2.24, 2.45) is 11.7 Å². The van der Waals surface area contributed by atoms with E-state index >= 15 is 0 Å². The van der Waals surface area contributed by atoms with Crippen molar-refractivity contribution >= 4 is 5.91 Å². The van der Waals surface area contributed by atoms with Gasteiger partial charge in [-0.25, -0.2) is 4.39 Å². The summed E-state index contributed by atoms with van der Waals surface area (Å²) in [7, 11) is 0. The summed E-state index contributed by atoms with van der Waals surface area (Å²) >= 11 is 0. The Balaban J connectivity index is 1.82. The molecule has 0 aromatic heterocycles. The van der Waals surface area contributed by atoms with Crippen LogP contribution >= 0.6 is 0 Å². The quantitative estimate of drug-likeness (QED) is 0.857. The molecular formula is C15H21FN2O. The van der Waals surface area contributed by atoms with Gasteiger partial charge >= 0.3 is 0 Å². The minimum absolute atomic E-state index is 0.0258. The lowest BCUT2D eigenvalue weighted by atomic mass is 9.91. The van der Waals surface area contributed by atoms with E-state index in [9.17, 15) is 9.18 Å². The average molecular weight is 264 g/mol. The summed E-state index contributed by atoms with van der Waals surface area (Å²) in [6, 6.07) is 4.71. The maximum absolute atomic E-state index is 13.6. The van der Waals surface area contributed by atoms with Gasteiger partial charge in [-0.15, -0.1) is 0 Å². The number of nitrogens with one attached hydrogen (secondary N) is 1. The monoisotopic (exact) mass is 264 g/mol. The van der Waals surface area contributed by atoms with Crippen LogP contribution in [-0.2, 0) is 6.42 Å². The highest BCUT2D eigenvalue weighted by molar-refractivity contribution is 5.93. The van der Waals surface area contributed by atoms with Crippen LogP contribution in [0.3, 0.4) is 0 Å². The van der Waals surface area contributed by atoms with Crippen LogP contribution in [-0.4, -0.2) is 19.0 Å². The van der Waals surface area contributed by atoms with Crippen LogP contribution in [0.15, 0.2) is 18.2 Å². The Morgan fingerprint density at radius 1 is 1.37 bits per heavy atom. The van der Waals surface area contributed by atoms with Crippen LogP contribution in [0.2, 0.25) is 0 Å². The lowest BCUT2D eigenvalue weighted by Gasteiger charge is -2.22. The Labute approximate surface area is 113 Å². The molecule has 2 rings (SSSR count). The van der Waals surface area contributed by atoms with Gasteiger partial charge < -0.3 is 11.1 Å². The van der Waals surface area contributed by atoms with Crippen LogP contribution in [0, 0.1) is 11.7 Å². The molecular weight excluding hydrogens is 243 g/mol. The molecule has 3 nitrogen and oxygen atoms in total. The molecule has 0 aliphatic carbocycles. The fourth-order valence-corrected chi connectivity index (χ4v) is 2.68. The molecule has 0 saturated carbocycles. The van der Waals surface area contributed by atoms with Crippen molar-refractivity contribution in [3.05, 3.63) is 35.1 Å². The van der Waals surface area contributed by atoms with E-state index in [1.807, 2.05) is 0 Å². The Morgan fingerprint density at radius 3 is 2.74 bits per heavy atom. The van der Waals surface area contributed by atoms with E-state index in [2.05, 4.69) is 5.32 Å². The summed E-state index contributed by atoms with van der Waals surface area (Å²) in [4.78, 5) is 10.9. The number of carbonyl (C=O) groups is 1. The Kier molecular flexibility index (Phi) is 4.91.